The zero-order valence-electron chi connectivity index (χ0n) is 22.9. The summed E-state index contributed by atoms with van der Waals surface area (Å²) in [4.78, 5) is 60.4. The number of carboxylic acids is 2. The Morgan fingerprint density at radius 2 is 2.12 bits per heavy atom. The summed E-state index contributed by atoms with van der Waals surface area (Å²) >= 11 is 2.30. The van der Waals surface area contributed by atoms with Crippen molar-refractivity contribution >= 4 is 68.8 Å². The fourth-order valence-electron chi connectivity index (χ4n) is 4.49. The molecule has 1 saturated heterocycles. The van der Waals surface area contributed by atoms with E-state index in [1.54, 1.807) is 10.8 Å². The van der Waals surface area contributed by atoms with Crippen LogP contribution in [-0.2, 0) is 30.6 Å². The molecule has 0 saturated carbocycles. The van der Waals surface area contributed by atoms with Gasteiger partial charge in [0.05, 0.1) is 17.1 Å². The van der Waals surface area contributed by atoms with Crippen molar-refractivity contribution in [2.24, 2.45) is 5.16 Å². The number of hydrogen-bond donors (Lipinski definition) is 3. The monoisotopic (exact) mass is 614 g/mol. The molecule has 2 aliphatic heterocycles. The number of nitrogens with zero attached hydrogens (tertiary/aromatic N) is 4. The van der Waals surface area contributed by atoms with E-state index >= 15 is 0 Å². The highest BCUT2D eigenvalue weighted by molar-refractivity contribution is 8.00. The van der Waals surface area contributed by atoms with Gasteiger partial charge in [0.1, 0.15) is 22.9 Å². The molecule has 0 radical (unpaired) electrons. The first-order valence-corrected chi connectivity index (χ1v) is 14.5. The number of nitrogens with one attached hydrogen (secondary N) is 1. The maximum absolute atomic E-state index is 13.3. The topological polar surface area (TPSA) is 204 Å². The molecule has 0 spiro atoms. The van der Waals surface area contributed by atoms with E-state index in [4.69, 9.17) is 15.0 Å². The Hall–Kier alpha value is -4.44. The number of nitrogen functional groups attached to an aromatic ring is 1. The molecule has 5 rings (SSSR count). The quantitative estimate of drug-likeness (QED) is 0.127. The van der Waals surface area contributed by atoms with Crippen molar-refractivity contribution < 1.29 is 43.2 Å². The maximum Gasteiger partial charge on any atom is 0.381 e. The number of nitrogens with two attached hydrogens (primary N) is 1. The normalized spacial score (nSPS) is 19.0. The molecular formula is C26H26N6O8S2. The number of amides is 2. The molecule has 2 aliphatic rings. The lowest BCUT2D eigenvalue weighted by Crippen LogP contribution is -2.71. The molecule has 14 nitrogen and oxygen atoms in total. The molecule has 2 atom stereocenters. The van der Waals surface area contributed by atoms with Crippen LogP contribution in [0.3, 0.4) is 0 Å². The molecule has 1 fully saturated rings. The van der Waals surface area contributed by atoms with Crippen LogP contribution in [0.4, 0.5) is 5.13 Å². The van der Waals surface area contributed by atoms with E-state index in [0.29, 0.717) is 17.0 Å². The van der Waals surface area contributed by atoms with E-state index < -0.39 is 46.5 Å². The molecule has 42 heavy (non-hydrogen) atoms. The van der Waals surface area contributed by atoms with E-state index in [1.165, 1.54) is 31.0 Å². The zero-order chi connectivity index (χ0) is 30.5. The first kappa shape index (κ1) is 29.1. The van der Waals surface area contributed by atoms with E-state index in [0.717, 1.165) is 27.2 Å². The minimum atomic E-state index is -1.77. The molecule has 3 aromatic heterocycles. The average molecular weight is 615 g/mol. The third-order valence-corrected chi connectivity index (χ3v) is 8.79. The van der Waals surface area contributed by atoms with Crippen LogP contribution in [0.5, 0.6) is 0 Å². The number of carboxylic acid groups (broad SMARTS) is 2. The number of aryl methyl sites for hydroxylation is 2. The molecule has 0 aliphatic carbocycles. The van der Waals surface area contributed by atoms with E-state index in [-0.39, 0.29) is 28.8 Å². The first-order valence-electron chi connectivity index (χ1n) is 12.6. The predicted octanol–water partition coefficient (Wildman–Crippen LogP) is 0.0638. The van der Waals surface area contributed by atoms with Gasteiger partial charge >= 0.3 is 11.7 Å². The SMILES string of the molecule is Cc1cc2c(C)cc[n+](CC3=C(C(=O)[O-])N4C(=O)C(NC(=O)C(=NOC(C)(C)C(=O)O)c5csc(N)n5)[C@H]4SC3)c2o1. The highest BCUT2D eigenvalue weighted by Crippen LogP contribution is 2.40. The van der Waals surface area contributed by atoms with Gasteiger partial charge in [0, 0.05) is 22.8 Å². The van der Waals surface area contributed by atoms with Gasteiger partial charge in [-0.15, -0.1) is 23.1 Å². The molecule has 3 aromatic rings. The molecule has 1 unspecified atom stereocenters. The highest BCUT2D eigenvalue weighted by Gasteiger charge is 2.53. The van der Waals surface area contributed by atoms with Gasteiger partial charge in [0.25, 0.3) is 11.8 Å². The number of anilines is 1. The second-order valence-electron chi connectivity index (χ2n) is 10.2. The van der Waals surface area contributed by atoms with Crippen LogP contribution in [0, 0.1) is 13.8 Å². The van der Waals surface area contributed by atoms with Gasteiger partial charge < -0.3 is 35.3 Å². The number of fused-ring (bicyclic) bond motifs is 2. The minimum Gasteiger partial charge on any atom is -0.543 e. The lowest BCUT2D eigenvalue weighted by atomic mass is 10.0. The number of rotatable bonds is 9. The van der Waals surface area contributed by atoms with Crippen molar-refractivity contribution in [1.82, 2.24) is 15.2 Å². The number of oxime groups is 1. The Morgan fingerprint density at radius 3 is 2.76 bits per heavy atom. The van der Waals surface area contributed by atoms with Gasteiger partial charge in [-0.05, 0) is 39.3 Å². The summed E-state index contributed by atoms with van der Waals surface area (Å²) in [6.45, 7) is 6.40. The van der Waals surface area contributed by atoms with E-state index in [1.807, 2.05) is 26.0 Å². The third-order valence-electron chi connectivity index (χ3n) is 6.77. The summed E-state index contributed by atoms with van der Waals surface area (Å²) in [6.07, 6.45) is 1.79. The van der Waals surface area contributed by atoms with E-state index in [2.05, 4.69) is 15.5 Å². The van der Waals surface area contributed by atoms with Crippen molar-refractivity contribution in [3.63, 3.8) is 0 Å². The van der Waals surface area contributed by atoms with E-state index in [9.17, 15) is 29.4 Å². The summed E-state index contributed by atoms with van der Waals surface area (Å²) in [5, 5.41) is 29.6. The van der Waals surface area contributed by atoms with Gasteiger partial charge in [-0.2, -0.15) is 4.57 Å². The van der Waals surface area contributed by atoms with Crippen molar-refractivity contribution in [3.8, 4) is 0 Å². The Morgan fingerprint density at radius 1 is 1.38 bits per heavy atom. The number of aromatic nitrogens is 2. The Labute approximate surface area is 246 Å². The number of carbonyl (C=O) groups excluding carboxylic acids is 3. The molecule has 0 bridgehead atoms. The largest absolute Gasteiger partial charge is 0.543 e. The van der Waals surface area contributed by atoms with Crippen molar-refractivity contribution in [3.05, 3.63) is 52.0 Å². The second-order valence-corrected chi connectivity index (χ2v) is 12.2. The molecule has 0 aromatic carbocycles. The molecule has 16 heteroatoms. The van der Waals surface area contributed by atoms with Crippen LogP contribution >= 0.6 is 23.1 Å². The molecule has 220 valence electrons. The summed E-state index contributed by atoms with van der Waals surface area (Å²) < 4.78 is 7.63. The van der Waals surface area contributed by atoms with Gasteiger partial charge in [-0.25, -0.2) is 9.78 Å². The van der Waals surface area contributed by atoms with Gasteiger partial charge in [-0.3, -0.25) is 14.5 Å². The molecule has 5 heterocycles. The number of carbonyl (C=O) groups is 4. The third kappa shape index (κ3) is 5.18. The number of hydrogen-bond acceptors (Lipinski definition) is 12. The summed E-state index contributed by atoms with van der Waals surface area (Å²) in [7, 11) is 0. The van der Waals surface area contributed by atoms with Crippen molar-refractivity contribution in [2.75, 3.05) is 11.5 Å². The van der Waals surface area contributed by atoms with Gasteiger partial charge in [0.2, 0.25) is 5.60 Å². The molecule has 4 N–H and O–H groups in total. The van der Waals surface area contributed by atoms with Crippen LogP contribution < -0.4 is 20.7 Å². The maximum atomic E-state index is 13.3. The van der Waals surface area contributed by atoms with Crippen LogP contribution in [0.2, 0.25) is 0 Å². The summed E-state index contributed by atoms with van der Waals surface area (Å²) in [5.41, 5.74) is 5.32. The molecule has 2 amide bonds. The Kier molecular flexibility index (Phi) is 7.44. The van der Waals surface area contributed by atoms with Crippen molar-refractivity contribution in [2.45, 2.75) is 51.3 Å². The van der Waals surface area contributed by atoms with Crippen LogP contribution in [-0.4, -0.2) is 67.2 Å². The van der Waals surface area contributed by atoms with Crippen molar-refractivity contribution in [1.29, 1.82) is 0 Å². The van der Waals surface area contributed by atoms with Gasteiger partial charge in [0.15, 0.2) is 23.6 Å². The highest BCUT2D eigenvalue weighted by atomic mass is 32.2. The zero-order valence-corrected chi connectivity index (χ0v) is 24.5. The summed E-state index contributed by atoms with van der Waals surface area (Å²) in [6, 6.07) is 2.70. The lowest BCUT2D eigenvalue weighted by Gasteiger charge is -2.50. The first-order chi connectivity index (χ1) is 19.8. The second kappa shape index (κ2) is 10.8. The van der Waals surface area contributed by atoms with Crippen LogP contribution in [0.15, 0.2) is 44.6 Å². The van der Waals surface area contributed by atoms with Crippen LogP contribution in [0.25, 0.3) is 11.1 Å². The summed E-state index contributed by atoms with van der Waals surface area (Å²) in [5.74, 6) is -3.43. The number of β-lactam (4-membered cyclic amide) rings is 1. The lowest BCUT2D eigenvalue weighted by molar-refractivity contribution is -0.669. The number of pyridine rings is 1. The van der Waals surface area contributed by atoms with Crippen LogP contribution in [0.1, 0.15) is 30.9 Å². The Bertz CT molecular complexity index is 1710. The smallest absolute Gasteiger partial charge is 0.381 e. The average Bonchev–Trinajstić information content (AvgIpc) is 3.54. The predicted molar refractivity (Wildman–Crippen MR) is 149 cm³/mol. The number of thioether (sulfide) groups is 1. The van der Waals surface area contributed by atoms with Gasteiger partial charge in [-0.1, -0.05) is 5.16 Å². The standard InChI is InChI=1S/C26H26N6O8S2/c1-11-5-6-31(21-14(11)7-12(2)39-21)8-13-9-41-22-17(20(34)32(22)18(13)23(35)36)29-19(33)16(15-10-42-25(27)28-15)30-40-26(3,4)24(37)38/h5-7,10,17,22H,8-9H2,1-4H3,(H4-,27,28,29,33,35,36,37,38)/t17?,22-/m1/s1. The number of furan rings is 1. The number of aliphatic carboxylic acids is 2. The fourth-order valence-corrected chi connectivity index (χ4v) is 6.37. The number of thiazole rings is 1. The Balaban J connectivity index is 1.39. The minimum absolute atomic E-state index is 0.0170. The fraction of sp³-hybridized carbons (Fsp3) is 0.346. The molecular weight excluding hydrogens is 588 g/mol.